The fraction of sp³-hybridized carbons (Fsp3) is 0.462. The molecule has 0 aromatic heterocycles. The van der Waals surface area contributed by atoms with Gasteiger partial charge < -0.3 is 4.74 Å². The zero-order valence-corrected chi connectivity index (χ0v) is 12.1. The Morgan fingerprint density at radius 3 is 2.58 bits per heavy atom. The zero-order valence-electron chi connectivity index (χ0n) is 11.3. The Morgan fingerprint density at radius 1 is 1.37 bits per heavy atom. The molecule has 0 radical (unpaired) electrons. The summed E-state index contributed by atoms with van der Waals surface area (Å²) in [6.07, 6.45) is 0. The Bertz CT molecular complexity index is 574. The summed E-state index contributed by atoms with van der Waals surface area (Å²) in [6, 6.07) is 7.97. The second-order valence-electron chi connectivity index (χ2n) is 4.63. The predicted molar refractivity (Wildman–Crippen MR) is 72.1 cm³/mol. The fourth-order valence-corrected chi connectivity index (χ4v) is 2.94. The van der Waals surface area contributed by atoms with Crippen molar-refractivity contribution in [2.75, 3.05) is 13.2 Å². The minimum atomic E-state index is -3.71. The molecular weight excluding hydrogens is 264 g/mol. The average molecular weight is 282 g/mol. The average Bonchev–Trinajstić information content (AvgIpc) is 2.37. The first-order valence-corrected chi connectivity index (χ1v) is 7.43. The van der Waals surface area contributed by atoms with Crippen LogP contribution in [0.2, 0.25) is 0 Å². The SMILES string of the molecule is CCOC(C)(C)CNS(=O)(=O)c1ccccc1C#N. The van der Waals surface area contributed by atoms with E-state index in [1.807, 2.05) is 13.0 Å². The van der Waals surface area contributed by atoms with Crippen molar-refractivity contribution in [3.8, 4) is 6.07 Å². The number of hydrogen-bond donors (Lipinski definition) is 1. The van der Waals surface area contributed by atoms with E-state index in [0.717, 1.165) is 0 Å². The van der Waals surface area contributed by atoms with Crippen LogP contribution in [0.5, 0.6) is 0 Å². The standard InChI is InChI=1S/C13H18N2O3S/c1-4-18-13(2,3)10-15-19(16,17)12-8-6-5-7-11(12)9-14/h5-8,15H,4,10H2,1-3H3. The van der Waals surface area contributed by atoms with Gasteiger partial charge in [-0.15, -0.1) is 0 Å². The van der Waals surface area contributed by atoms with Crippen LogP contribution in [-0.2, 0) is 14.8 Å². The van der Waals surface area contributed by atoms with E-state index in [2.05, 4.69) is 4.72 Å². The van der Waals surface area contributed by atoms with E-state index in [-0.39, 0.29) is 17.0 Å². The monoisotopic (exact) mass is 282 g/mol. The van der Waals surface area contributed by atoms with E-state index in [1.165, 1.54) is 12.1 Å². The van der Waals surface area contributed by atoms with Crippen molar-refractivity contribution in [1.29, 1.82) is 5.26 Å². The van der Waals surface area contributed by atoms with Gasteiger partial charge >= 0.3 is 0 Å². The molecule has 0 amide bonds. The third-order valence-electron chi connectivity index (χ3n) is 2.52. The number of benzene rings is 1. The predicted octanol–water partition coefficient (Wildman–Crippen LogP) is 1.65. The number of hydrogen-bond acceptors (Lipinski definition) is 4. The minimum Gasteiger partial charge on any atom is -0.375 e. The third kappa shape index (κ3) is 4.31. The summed E-state index contributed by atoms with van der Waals surface area (Å²) in [6.45, 7) is 6.10. The topological polar surface area (TPSA) is 79.2 Å². The fourth-order valence-electron chi connectivity index (χ4n) is 1.58. The van der Waals surface area contributed by atoms with Crippen LogP contribution in [0.4, 0.5) is 0 Å². The molecule has 0 aliphatic heterocycles. The number of sulfonamides is 1. The Kier molecular flexibility index (Phi) is 5.06. The Labute approximate surface area is 114 Å². The summed E-state index contributed by atoms with van der Waals surface area (Å²) in [4.78, 5) is -0.00945. The first kappa shape index (κ1) is 15.6. The lowest BCUT2D eigenvalue weighted by molar-refractivity contribution is -0.00515. The van der Waals surface area contributed by atoms with Crippen LogP contribution >= 0.6 is 0 Å². The van der Waals surface area contributed by atoms with Crippen LogP contribution in [0.3, 0.4) is 0 Å². The molecule has 0 heterocycles. The summed E-state index contributed by atoms with van der Waals surface area (Å²) >= 11 is 0. The van der Waals surface area contributed by atoms with Gasteiger partial charge in [0.1, 0.15) is 6.07 Å². The molecule has 1 aromatic carbocycles. The molecule has 1 N–H and O–H groups in total. The summed E-state index contributed by atoms with van der Waals surface area (Å²) < 4.78 is 32.2. The van der Waals surface area contributed by atoms with Gasteiger partial charge in [-0.05, 0) is 32.9 Å². The maximum atomic E-state index is 12.1. The zero-order chi connectivity index (χ0) is 14.5. The quantitative estimate of drug-likeness (QED) is 0.860. The first-order valence-electron chi connectivity index (χ1n) is 5.95. The van der Waals surface area contributed by atoms with Crippen molar-refractivity contribution in [2.45, 2.75) is 31.3 Å². The summed E-state index contributed by atoms with van der Waals surface area (Å²) in [7, 11) is -3.71. The summed E-state index contributed by atoms with van der Waals surface area (Å²) in [5, 5.41) is 8.93. The van der Waals surface area contributed by atoms with Crippen molar-refractivity contribution in [3.05, 3.63) is 29.8 Å². The molecule has 0 saturated heterocycles. The van der Waals surface area contributed by atoms with Gasteiger partial charge in [-0.25, -0.2) is 13.1 Å². The van der Waals surface area contributed by atoms with E-state index >= 15 is 0 Å². The maximum absolute atomic E-state index is 12.1. The third-order valence-corrected chi connectivity index (χ3v) is 3.98. The Morgan fingerprint density at radius 2 is 2.00 bits per heavy atom. The van der Waals surface area contributed by atoms with Crippen molar-refractivity contribution < 1.29 is 13.2 Å². The lowest BCUT2D eigenvalue weighted by Crippen LogP contribution is -2.40. The molecule has 0 spiro atoms. The van der Waals surface area contributed by atoms with E-state index in [4.69, 9.17) is 10.00 Å². The van der Waals surface area contributed by atoms with Crippen molar-refractivity contribution in [1.82, 2.24) is 4.72 Å². The second-order valence-corrected chi connectivity index (χ2v) is 6.36. The van der Waals surface area contributed by atoms with E-state index in [1.54, 1.807) is 26.0 Å². The van der Waals surface area contributed by atoms with Gasteiger partial charge in [0.25, 0.3) is 0 Å². The lowest BCUT2D eigenvalue weighted by atomic mass is 10.1. The van der Waals surface area contributed by atoms with E-state index in [0.29, 0.717) is 6.61 Å². The smallest absolute Gasteiger partial charge is 0.241 e. The highest BCUT2D eigenvalue weighted by Gasteiger charge is 2.24. The second kappa shape index (κ2) is 6.15. The van der Waals surface area contributed by atoms with Crippen LogP contribution < -0.4 is 4.72 Å². The van der Waals surface area contributed by atoms with E-state index < -0.39 is 15.6 Å². The highest BCUT2D eigenvalue weighted by Crippen LogP contribution is 2.15. The molecule has 0 fully saturated rings. The highest BCUT2D eigenvalue weighted by atomic mass is 32.2. The molecule has 19 heavy (non-hydrogen) atoms. The highest BCUT2D eigenvalue weighted by molar-refractivity contribution is 7.89. The molecule has 104 valence electrons. The minimum absolute atomic E-state index is 0.00945. The van der Waals surface area contributed by atoms with Gasteiger partial charge in [0.05, 0.1) is 16.1 Å². The molecule has 0 atom stereocenters. The molecule has 5 nitrogen and oxygen atoms in total. The number of ether oxygens (including phenoxy) is 1. The van der Waals surface area contributed by atoms with Gasteiger partial charge in [0.15, 0.2) is 0 Å². The van der Waals surface area contributed by atoms with Crippen molar-refractivity contribution >= 4 is 10.0 Å². The number of nitrogens with zero attached hydrogens (tertiary/aromatic N) is 1. The normalized spacial score (nSPS) is 12.1. The molecule has 0 unspecified atom stereocenters. The Hall–Kier alpha value is -1.42. The van der Waals surface area contributed by atoms with Crippen molar-refractivity contribution in [3.63, 3.8) is 0 Å². The van der Waals surface area contributed by atoms with Crippen molar-refractivity contribution in [2.24, 2.45) is 0 Å². The molecule has 0 bridgehead atoms. The van der Waals surface area contributed by atoms with Crippen LogP contribution in [0.25, 0.3) is 0 Å². The van der Waals surface area contributed by atoms with Crippen LogP contribution in [0.1, 0.15) is 26.3 Å². The molecule has 0 aliphatic rings. The molecule has 6 heteroatoms. The molecule has 0 saturated carbocycles. The first-order chi connectivity index (χ1) is 8.82. The summed E-state index contributed by atoms with van der Waals surface area (Å²) in [5.41, 5.74) is -0.465. The van der Waals surface area contributed by atoms with Gasteiger partial charge in [0.2, 0.25) is 10.0 Å². The summed E-state index contributed by atoms with van der Waals surface area (Å²) in [5.74, 6) is 0. The van der Waals surface area contributed by atoms with Crippen LogP contribution in [0.15, 0.2) is 29.2 Å². The molecule has 0 aliphatic carbocycles. The molecule has 1 aromatic rings. The number of nitrogens with one attached hydrogen (secondary N) is 1. The number of nitriles is 1. The number of rotatable bonds is 6. The van der Waals surface area contributed by atoms with Gasteiger partial charge in [-0.1, -0.05) is 12.1 Å². The molecular formula is C13H18N2O3S. The van der Waals surface area contributed by atoms with Crippen LogP contribution in [0, 0.1) is 11.3 Å². The van der Waals surface area contributed by atoms with Crippen LogP contribution in [-0.4, -0.2) is 27.2 Å². The Balaban J connectivity index is 2.91. The van der Waals surface area contributed by atoms with Gasteiger partial charge in [0, 0.05) is 13.2 Å². The van der Waals surface area contributed by atoms with E-state index in [9.17, 15) is 8.42 Å². The van der Waals surface area contributed by atoms with Gasteiger partial charge in [-0.3, -0.25) is 0 Å². The molecule has 1 rings (SSSR count). The van der Waals surface area contributed by atoms with Gasteiger partial charge in [-0.2, -0.15) is 5.26 Å². The largest absolute Gasteiger partial charge is 0.375 e. The maximum Gasteiger partial charge on any atom is 0.241 e. The lowest BCUT2D eigenvalue weighted by Gasteiger charge is -2.24.